The van der Waals surface area contributed by atoms with Gasteiger partial charge in [-0.15, -0.1) is 0 Å². The van der Waals surface area contributed by atoms with E-state index in [0.717, 1.165) is 6.42 Å². The van der Waals surface area contributed by atoms with Crippen molar-refractivity contribution < 1.29 is 9.72 Å². The minimum atomic E-state index is -0.495. The number of likely N-dealkylation sites (tertiary alicyclic amines) is 1. The maximum Gasteiger partial charge on any atom is 0.270 e. The highest BCUT2D eigenvalue weighted by Gasteiger charge is 2.29. The maximum atomic E-state index is 12.3. The standard InChI is InChI=1S/C13H17N3O3/c1-9(14)11-5-6-15(8-11)13(17)10-3-2-4-12(7-10)16(18)19/h2-4,7,9,11H,5-6,8,14H2,1H3. The van der Waals surface area contributed by atoms with E-state index in [-0.39, 0.29) is 17.6 Å². The van der Waals surface area contributed by atoms with Crippen molar-refractivity contribution in [1.29, 1.82) is 0 Å². The van der Waals surface area contributed by atoms with Gasteiger partial charge in [-0.2, -0.15) is 0 Å². The lowest BCUT2D eigenvalue weighted by molar-refractivity contribution is -0.384. The SMILES string of the molecule is CC(N)C1CCN(C(=O)c2cccc([N+](=O)[O-])c2)C1. The molecule has 0 spiro atoms. The summed E-state index contributed by atoms with van der Waals surface area (Å²) in [4.78, 5) is 24.2. The molecule has 2 rings (SSSR count). The minimum Gasteiger partial charge on any atom is -0.338 e. The normalized spacial score (nSPS) is 20.3. The Morgan fingerprint density at radius 2 is 2.32 bits per heavy atom. The summed E-state index contributed by atoms with van der Waals surface area (Å²) in [6, 6.07) is 5.90. The number of hydrogen-bond donors (Lipinski definition) is 1. The third-order valence-corrected chi connectivity index (χ3v) is 3.56. The summed E-state index contributed by atoms with van der Waals surface area (Å²) in [5.41, 5.74) is 6.13. The molecule has 6 heteroatoms. The third kappa shape index (κ3) is 2.90. The maximum absolute atomic E-state index is 12.3. The Morgan fingerprint density at radius 1 is 1.58 bits per heavy atom. The van der Waals surface area contributed by atoms with Crippen LogP contribution in [0.3, 0.4) is 0 Å². The second kappa shape index (κ2) is 5.36. The summed E-state index contributed by atoms with van der Waals surface area (Å²) in [5.74, 6) is 0.148. The molecular formula is C13H17N3O3. The van der Waals surface area contributed by atoms with Crippen LogP contribution >= 0.6 is 0 Å². The van der Waals surface area contributed by atoms with Crippen molar-refractivity contribution in [3.05, 3.63) is 39.9 Å². The molecule has 1 amide bonds. The molecule has 0 saturated carbocycles. The molecule has 2 unspecified atom stereocenters. The van der Waals surface area contributed by atoms with Crippen LogP contribution in [0.2, 0.25) is 0 Å². The van der Waals surface area contributed by atoms with Gasteiger partial charge in [0.05, 0.1) is 4.92 Å². The van der Waals surface area contributed by atoms with E-state index >= 15 is 0 Å². The Balaban J connectivity index is 2.12. The summed E-state index contributed by atoms with van der Waals surface area (Å²) in [7, 11) is 0. The van der Waals surface area contributed by atoms with E-state index in [2.05, 4.69) is 0 Å². The number of carbonyl (C=O) groups is 1. The van der Waals surface area contributed by atoms with Crippen LogP contribution in [-0.4, -0.2) is 34.9 Å². The first-order valence-electron chi connectivity index (χ1n) is 6.28. The molecule has 1 aliphatic heterocycles. The molecule has 1 aromatic carbocycles. The van der Waals surface area contributed by atoms with Crippen LogP contribution in [0, 0.1) is 16.0 Å². The van der Waals surface area contributed by atoms with Gasteiger partial charge in [0, 0.05) is 36.8 Å². The quantitative estimate of drug-likeness (QED) is 0.659. The molecule has 19 heavy (non-hydrogen) atoms. The molecule has 1 saturated heterocycles. The Labute approximate surface area is 111 Å². The Kier molecular flexibility index (Phi) is 3.80. The number of nitro benzene ring substituents is 1. The first kappa shape index (κ1) is 13.5. The average Bonchev–Trinajstić information content (AvgIpc) is 2.87. The fourth-order valence-electron chi connectivity index (χ4n) is 2.34. The number of non-ortho nitro benzene ring substituents is 1. The van der Waals surface area contributed by atoms with E-state index in [9.17, 15) is 14.9 Å². The molecule has 1 fully saturated rings. The van der Waals surface area contributed by atoms with Crippen molar-refractivity contribution in [2.75, 3.05) is 13.1 Å². The van der Waals surface area contributed by atoms with Crippen LogP contribution in [0.5, 0.6) is 0 Å². The summed E-state index contributed by atoms with van der Waals surface area (Å²) in [6.45, 7) is 3.22. The van der Waals surface area contributed by atoms with Gasteiger partial charge in [0.15, 0.2) is 0 Å². The van der Waals surface area contributed by atoms with Crippen LogP contribution in [0.4, 0.5) is 5.69 Å². The second-order valence-corrected chi connectivity index (χ2v) is 4.97. The number of nitrogens with two attached hydrogens (primary N) is 1. The molecule has 6 nitrogen and oxygen atoms in total. The molecular weight excluding hydrogens is 246 g/mol. The predicted octanol–water partition coefficient (Wildman–Crippen LogP) is 1.40. The first-order valence-corrected chi connectivity index (χ1v) is 6.28. The molecule has 102 valence electrons. The molecule has 0 aliphatic carbocycles. The van der Waals surface area contributed by atoms with Crippen LogP contribution in [0.1, 0.15) is 23.7 Å². The highest BCUT2D eigenvalue weighted by molar-refractivity contribution is 5.95. The van der Waals surface area contributed by atoms with E-state index in [0.29, 0.717) is 24.6 Å². The number of amides is 1. The van der Waals surface area contributed by atoms with Gasteiger partial charge < -0.3 is 10.6 Å². The zero-order chi connectivity index (χ0) is 14.0. The highest BCUT2D eigenvalue weighted by atomic mass is 16.6. The van der Waals surface area contributed by atoms with E-state index in [1.54, 1.807) is 11.0 Å². The van der Waals surface area contributed by atoms with Gasteiger partial charge in [0.1, 0.15) is 0 Å². The Morgan fingerprint density at radius 3 is 2.89 bits per heavy atom. The van der Waals surface area contributed by atoms with E-state index in [4.69, 9.17) is 5.73 Å². The molecule has 0 bridgehead atoms. The van der Waals surface area contributed by atoms with Gasteiger partial charge in [-0.1, -0.05) is 6.07 Å². The number of nitro groups is 1. The van der Waals surface area contributed by atoms with Crippen LogP contribution in [0.15, 0.2) is 24.3 Å². The first-order chi connectivity index (χ1) is 8.99. The van der Waals surface area contributed by atoms with Crippen molar-refractivity contribution in [3.63, 3.8) is 0 Å². The van der Waals surface area contributed by atoms with E-state index in [1.807, 2.05) is 6.92 Å². The molecule has 0 radical (unpaired) electrons. The second-order valence-electron chi connectivity index (χ2n) is 4.97. The van der Waals surface area contributed by atoms with Crippen LogP contribution < -0.4 is 5.73 Å². The molecule has 1 heterocycles. The molecule has 1 aromatic rings. The average molecular weight is 263 g/mol. The van der Waals surface area contributed by atoms with E-state index < -0.39 is 4.92 Å². The zero-order valence-electron chi connectivity index (χ0n) is 10.8. The lowest BCUT2D eigenvalue weighted by Gasteiger charge is -2.18. The van der Waals surface area contributed by atoms with Gasteiger partial charge >= 0.3 is 0 Å². The van der Waals surface area contributed by atoms with E-state index in [1.165, 1.54) is 18.2 Å². The monoisotopic (exact) mass is 263 g/mol. The molecule has 2 atom stereocenters. The van der Waals surface area contributed by atoms with Gasteiger partial charge in [-0.05, 0) is 25.3 Å². The number of nitrogens with zero attached hydrogens (tertiary/aromatic N) is 2. The van der Waals surface area contributed by atoms with Gasteiger partial charge in [-0.3, -0.25) is 14.9 Å². The van der Waals surface area contributed by atoms with Crippen LogP contribution in [-0.2, 0) is 0 Å². The number of hydrogen-bond acceptors (Lipinski definition) is 4. The molecule has 2 N–H and O–H groups in total. The number of benzene rings is 1. The van der Waals surface area contributed by atoms with Crippen molar-refractivity contribution >= 4 is 11.6 Å². The minimum absolute atomic E-state index is 0.0582. The smallest absolute Gasteiger partial charge is 0.270 e. The topological polar surface area (TPSA) is 89.5 Å². The van der Waals surface area contributed by atoms with Crippen molar-refractivity contribution in [2.24, 2.45) is 11.7 Å². The molecule has 1 aliphatic rings. The molecule has 0 aromatic heterocycles. The van der Waals surface area contributed by atoms with Crippen molar-refractivity contribution in [3.8, 4) is 0 Å². The van der Waals surface area contributed by atoms with Crippen LogP contribution in [0.25, 0.3) is 0 Å². The lowest BCUT2D eigenvalue weighted by Crippen LogP contribution is -2.33. The summed E-state index contributed by atoms with van der Waals surface area (Å²) in [5, 5.41) is 10.7. The lowest BCUT2D eigenvalue weighted by atomic mass is 10.0. The van der Waals surface area contributed by atoms with Crippen molar-refractivity contribution in [1.82, 2.24) is 4.90 Å². The largest absolute Gasteiger partial charge is 0.338 e. The summed E-state index contributed by atoms with van der Waals surface area (Å²) in [6.07, 6.45) is 0.887. The summed E-state index contributed by atoms with van der Waals surface area (Å²) >= 11 is 0. The predicted molar refractivity (Wildman–Crippen MR) is 70.8 cm³/mol. The fourth-order valence-corrected chi connectivity index (χ4v) is 2.34. The summed E-state index contributed by atoms with van der Waals surface area (Å²) < 4.78 is 0. The zero-order valence-corrected chi connectivity index (χ0v) is 10.8. The van der Waals surface area contributed by atoms with Gasteiger partial charge in [0.25, 0.3) is 11.6 Å². The third-order valence-electron chi connectivity index (χ3n) is 3.56. The van der Waals surface area contributed by atoms with Crippen molar-refractivity contribution in [2.45, 2.75) is 19.4 Å². The Bertz CT molecular complexity index is 502. The van der Waals surface area contributed by atoms with Gasteiger partial charge in [-0.25, -0.2) is 0 Å². The van der Waals surface area contributed by atoms with Gasteiger partial charge in [0.2, 0.25) is 0 Å². The number of carbonyl (C=O) groups excluding carboxylic acids is 1. The Hall–Kier alpha value is -1.95. The fraction of sp³-hybridized carbons (Fsp3) is 0.462. The number of rotatable bonds is 3. The highest BCUT2D eigenvalue weighted by Crippen LogP contribution is 2.22.